The molecule has 72 valence electrons. The van der Waals surface area contributed by atoms with Crippen LogP contribution in [0.4, 0.5) is 0 Å². The molecule has 3 atom stereocenters. The van der Waals surface area contributed by atoms with Crippen LogP contribution in [-0.2, 0) is 4.79 Å². The summed E-state index contributed by atoms with van der Waals surface area (Å²) in [6.45, 7) is -0.459. The Labute approximate surface area is 70.9 Å². The van der Waals surface area contributed by atoms with Crippen molar-refractivity contribution < 1.29 is 9.90 Å². The first kappa shape index (κ1) is 11.5. The highest BCUT2D eigenvalue weighted by molar-refractivity contribution is 5.86. The molecule has 6 heteroatoms. The van der Waals surface area contributed by atoms with Gasteiger partial charge >= 0.3 is 0 Å². The third-order valence-electron chi connectivity index (χ3n) is 1.69. The number of aliphatic hydroxyl groups is 1. The van der Waals surface area contributed by atoms with Gasteiger partial charge in [-0.05, 0) is 0 Å². The molecule has 0 heterocycles. The predicted molar refractivity (Wildman–Crippen MR) is 45.1 cm³/mol. The number of hydrogen-bond acceptors (Lipinski definition) is 6. The summed E-state index contributed by atoms with van der Waals surface area (Å²) >= 11 is 0. The number of carbonyl (C=O) groups is 1. The van der Waals surface area contributed by atoms with Crippen LogP contribution in [0.15, 0.2) is 0 Å². The zero-order chi connectivity index (χ0) is 9.72. The Balaban J connectivity index is 4.08. The average Bonchev–Trinajstić information content (AvgIpc) is 2.12. The van der Waals surface area contributed by atoms with Crippen LogP contribution in [0, 0.1) is 0 Å². The Morgan fingerprint density at radius 3 is 2.17 bits per heavy atom. The second kappa shape index (κ2) is 5.18. The Morgan fingerprint density at radius 1 is 1.33 bits per heavy atom. The zero-order valence-electron chi connectivity index (χ0n) is 6.81. The van der Waals surface area contributed by atoms with Crippen molar-refractivity contribution in [3.05, 3.63) is 0 Å². The summed E-state index contributed by atoms with van der Waals surface area (Å²) in [6.07, 6.45) is 0. The number of nitrogens with two attached hydrogens (primary N) is 4. The summed E-state index contributed by atoms with van der Waals surface area (Å²) in [6, 6.07) is -2.32. The van der Waals surface area contributed by atoms with Crippen LogP contribution in [-0.4, -0.2) is 42.2 Å². The third-order valence-corrected chi connectivity index (χ3v) is 1.69. The summed E-state index contributed by atoms with van der Waals surface area (Å²) in [5.74, 6) is -0.355. The molecule has 0 radical (unpaired) electrons. The fourth-order valence-electron chi connectivity index (χ4n) is 0.739. The van der Waals surface area contributed by atoms with Gasteiger partial charge in [0.25, 0.3) is 0 Å². The number of carbonyl (C=O) groups excluding carboxylic acids is 1. The van der Waals surface area contributed by atoms with Gasteiger partial charge in [-0.25, -0.2) is 0 Å². The second-order valence-corrected chi connectivity index (χ2v) is 2.62. The van der Waals surface area contributed by atoms with Gasteiger partial charge in [-0.2, -0.15) is 0 Å². The minimum absolute atomic E-state index is 0.160. The maximum absolute atomic E-state index is 10.9. The highest BCUT2D eigenvalue weighted by atomic mass is 16.3. The molecule has 0 rings (SSSR count). The lowest BCUT2D eigenvalue weighted by Gasteiger charge is -2.22. The van der Waals surface area contributed by atoms with Crippen molar-refractivity contribution in [1.29, 1.82) is 0 Å². The van der Waals surface area contributed by atoms with Gasteiger partial charge in [0, 0.05) is 12.1 Å². The topological polar surface area (TPSA) is 141 Å². The van der Waals surface area contributed by atoms with Crippen molar-refractivity contribution >= 4 is 5.78 Å². The van der Waals surface area contributed by atoms with Gasteiger partial charge in [0.05, 0.1) is 19.2 Å². The maximum Gasteiger partial charge on any atom is 0.164 e. The molecular weight excluding hydrogens is 160 g/mol. The molecule has 0 bridgehead atoms. The predicted octanol–water partition coefficient (Wildman–Crippen LogP) is -3.51. The molecule has 0 saturated heterocycles. The Hall–Kier alpha value is -0.530. The molecule has 0 aromatic rings. The summed E-state index contributed by atoms with van der Waals surface area (Å²) in [7, 11) is 0. The molecule has 0 aliphatic heterocycles. The molecule has 0 aromatic carbocycles. The van der Waals surface area contributed by atoms with Crippen LogP contribution >= 0.6 is 0 Å². The summed E-state index contributed by atoms with van der Waals surface area (Å²) in [4.78, 5) is 10.9. The number of aliphatic hydroxyl groups excluding tert-OH is 1. The van der Waals surface area contributed by atoms with E-state index in [4.69, 9.17) is 28.0 Å². The van der Waals surface area contributed by atoms with E-state index in [1.165, 1.54) is 0 Å². The Bertz CT molecular complexity index is 152. The third kappa shape index (κ3) is 2.84. The lowest BCUT2D eigenvalue weighted by atomic mass is 9.99. The van der Waals surface area contributed by atoms with E-state index in [9.17, 15) is 4.79 Å². The van der Waals surface area contributed by atoms with Gasteiger partial charge in [-0.1, -0.05) is 0 Å². The largest absolute Gasteiger partial charge is 0.395 e. The van der Waals surface area contributed by atoms with Crippen molar-refractivity contribution in [2.75, 3.05) is 13.2 Å². The van der Waals surface area contributed by atoms with Crippen LogP contribution in [0.5, 0.6) is 0 Å². The van der Waals surface area contributed by atoms with E-state index in [-0.39, 0.29) is 18.9 Å². The SMILES string of the molecule is NCC(=O)[C@@H](N)[C@H](N)[C@@H](N)CO. The lowest BCUT2D eigenvalue weighted by Crippen LogP contribution is -2.58. The van der Waals surface area contributed by atoms with Crippen LogP contribution in [0.3, 0.4) is 0 Å². The number of hydrogen-bond donors (Lipinski definition) is 5. The Kier molecular flexibility index (Phi) is 4.95. The van der Waals surface area contributed by atoms with E-state index in [0.29, 0.717) is 0 Å². The number of rotatable bonds is 5. The van der Waals surface area contributed by atoms with Crippen molar-refractivity contribution in [2.24, 2.45) is 22.9 Å². The highest BCUT2D eigenvalue weighted by Crippen LogP contribution is 1.92. The van der Waals surface area contributed by atoms with E-state index in [1.807, 2.05) is 0 Å². The average molecular weight is 176 g/mol. The van der Waals surface area contributed by atoms with E-state index >= 15 is 0 Å². The first-order valence-electron chi connectivity index (χ1n) is 3.65. The van der Waals surface area contributed by atoms with Crippen molar-refractivity contribution in [1.82, 2.24) is 0 Å². The van der Waals surface area contributed by atoms with Crippen LogP contribution < -0.4 is 22.9 Å². The molecule has 0 amide bonds. The van der Waals surface area contributed by atoms with Crippen molar-refractivity contribution in [3.63, 3.8) is 0 Å². The van der Waals surface area contributed by atoms with Crippen molar-refractivity contribution in [3.8, 4) is 0 Å². The van der Waals surface area contributed by atoms with E-state index < -0.39 is 18.1 Å². The summed E-state index contributed by atoms with van der Waals surface area (Å²) in [5.41, 5.74) is 21.3. The van der Waals surface area contributed by atoms with Gasteiger partial charge in [0.1, 0.15) is 0 Å². The quantitative estimate of drug-likeness (QED) is 0.294. The first-order valence-corrected chi connectivity index (χ1v) is 3.65. The maximum atomic E-state index is 10.9. The fraction of sp³-hybridized carbons (Fsp3) is 0.833. The standard InChI is InChI=1S/C6H16N4O2/c7-1-4(12)6(10)5(9)3(8)2-11/h3,5-6,11H,1-2,7-10H2/t3-,5+,6+/m0/s1. The molecule has 0 fully saturated rings. The molecule has 9 N–H and O–H groups in total. The molecule has 0 saturated carbocycles. The highest BCUT2D eigenvalue weighted by Gasteiger charge is 2.24. The smallest absolute Gasteiger partial charge is 0.164 e. The van der Waals surface area contributed by atoms with Crippen molar-refractivity contribution in [2.45, 2.75) is 18.1 Å². The molecule has 6 nitrogen and oxygen atoms in total. The zero-order valence-corrected chi connectivity index (χ0v) is 6.81. The lowest BCUT2D eigenvalue weighted by molar-refractivity contribution is -0.119. The van der Waals surface area contributed by atoms with E-state index in [1.54, 1.807) is 0 Å². The van der Waals surface area contributed by atoms with Gasteiger partial charge in [-0.3, -0.25) is 4.79 Å². The Morgan fingerprint density at radius 2 is 1.83 bits per heavy atom. The normalized spacial score (nSPS) is 18.4. The minimum Gasteiger partial charge on any atom is -0.395 e. The van der Waals surface area contributed by atoms with Crippen LogP contribution in [0.1, 0.15) is 0 Å². The van der Waals surface area contributed by atoms with Gasteiger partial charge in [-0.15, -0.1) is 0 Å². The van der Waals surface area contributed by atoms with Crippen LogP contribution in [0.25, 0.3) is 0 Å². The van der Waals surface area contributed by atoms with Gasteiger partial charge in [0.15, 0.2) is 5.78 Å². The van der Waals surface area contributed by atoms with E-state index in [0.717, 1.165) is 0 Å². The molecule has 0 unspecified atom stereocenters. The number of Topliss-reactive ketones (excluding diaryl/α,β-unsaturated/α-hetero) is 1. The summed E-state index contributed by atoms with van der Waals surface area (Å²) in [5, 5.41) is 8.61. The molecule has 0 spiro atoms. The van der Waals surface area contributed by atoms with Crippen LogP contribution in [0.2, 0.25) is 0 Å². The fourth-order valence-corrected chi connectivity index (χ4v) is 0.739. The monoisotopic (exact) mass is 176 g/mol. The van der Waals surface area contributed by atoms with Gasteiger partial charge in [0.2, 0.25) is 0 Å². The first-order chi connectivity index (χ1) is 5.54. The molecule has 12 heavy (non-hydrogen) atoms. The summed E-state index contributed by atoms with van der Waals surface area (Å²) < 4.78 is 0. The molecule has 0 aliphatic rings. The molecule has 0 aromatic heterocycles. The second-order valence-electron chi connectivity index (χ2n) is 2.62. The minimum atomic E-state index is -0.892. The van der Waals surface area contributed by atoms with Gasteiger partial charge < -0.3 is 28.0 Å². The number of ketones is 1. The molecule has 0 aliphatic carbocycles. The van der Waals surface area contributed by atoms with E-state index in [2.05, 4.69) is 0 Å². The molecular formula is C6H16N4O2.